The molecule has 0 aliphatic rings. The molecule has 0 atom stereocenters. The number of rotatable bonds is 12. The van der Waals surface area contributed by atoms with Crippen molar-refractivity contribution in [1.82, 2.24) is 5.43 Å². The summed E-state index contributed by atoms with van der Waals surface area (Å²) >= 11 is 0. The van der Waals surface area contributed by atoms with Gasteiger partial charge in [0.05, 0.1) is 25.5 Å². The summed E-state index contributed by atoms with van der Waals surface area (Å²) in [5, 5.41) is 3.95. The van der Waals surface area contributed by atoms with Gasteiger partial charge in [-0.1, -0.05) is 32.9 Å². The predicted molar refractivity (Wildman–Crippen MR) is 142 cm³/mol. The highest BCUT2D eigenvalue weighted by molar-refractivity contribution is 5.92. The van der Waals surface area contributed by atoms with Crippen LogP contribution in [0.1, 0.15) is 54.6 Å². The highest BCUT2D eigenvalue weighted by Crippen LogP contribution is 2.28. The molecule has 0 aromatic heterocycles. The van der Waals surface area contributed by atoms with Gasteiger partial charge in [0.25, 0.3) is 5.91 Å². The molecule has 3 rings (SSSR count). The van der Waals surface area contributed by atoms with Crippen LogP contribution in [0.2, 0.25) is 0 Å². The number of methoxy groups -OCH3 is 1. The zero-order chi connectivity index (χ0) is 26.6. The van der Waals surface area contributed by atoms with Gasteiger partial charge in [-0.05, 0) is 78.1 Å². The Balaban J connectivity index is 1.52. The predicted octanol–water partition coefficient (Wildman–Crippen LogP) is 5.36. The molecule has 0 heterocycles. The van der Waals surface area contributed by atoms with Crippen molar-refractivity contribution in [3.63, 3.8) is 0 Å². The molecule has 1 N–H and O–H groups in total. The van der Waals surface area contributed by atoms with E-state index in [-0.39, 0.29) is 12.4 Å². The minimum Gasteiger partial charge on any atom is -0.494 e. The number of esters is 1. The fourth-order valence-corrected chi connectivity index (χ4v) is 3.22. The number of benzene rings is 3. The number of carbonyl (C=O) groups excluding carboxylic acids is 2. The lowest BCUT2D eigenvalue weighted by atomic mass is 10.0. The molecule has 0 fully saturated rings. The summed E-state index contributed by atoms with van der Waals surface area (Å²) in [5.41, 5.74) is 4.65. The smallest absolute Gasteiger partial charge is 0.343 e. The van der Waals surface area contributed by atoms with E-state index in [9.17, 15) is 9.59 Å². The van der Waals surface area contributed by atoms with Crippen molar-refractivity contribution in [3.05, 3.63) is 83.4 Å². The molecule has 0 unspecified atom stereocenters. The van der Waals surface area contributed by atoms with Crippen LogP contribution in [-0.2, 0) is 4.79 Å². The molecule has 37 heavy (non-hydrogen) atoms. The van der Waals surface area contributed by atoms with Crippen molar-refractivity contribution < 1.29 is 28.5 Å². The Morgan fingerprint density at radius 2 is 1.59 bits per heavy atom. The second-order valence-electron chi connectivity index (χ2n) is 8.48. The normalized spacial score (nSPS) is 10.8. The maximum atomic E-state index is 12.5. The van der Waals surface area contributed by atoms with Crippen LogP contribution >= 0.6 is 0 Å². The van der Waals surface area contributed by atoms with Gasteiger partial charge in [-0.2, -0.15) is 5.10 Å². The summed E-state index contributed by atoms with van der Waals surface area (Å²) < 4.78 is 21.9. The highest BCUT2D eigenvalue weighted by Gasteiger charge is 2.13. The number of nitrogens with zero attached hydrogens (tertiary/aromatic N) is 1. The van der Waals surface area contributed by atoms with Gasteiger partial charge in [0.2, 0.25) is 0 Å². The molecule has 8 nitrogen and oxygen atoms in total. The fraction of sp³-hybridized carbons (Fsp3) is 0.276. The van der Waals surface area contributed by atoms with Gasteiger partial charge in [-0.15, -0.1) is 0 Å². The summed E-state index contributed by atoms with van der Waals surface area (Å²) in [6, 6.07) is 19.3. The van der Waals surface area contributed by atoms with Gasteiger partial charge in [-0.3, -0.25) is 4.79 Å². The number of carbonyl (C=O) groups is 2. The van der Waals surface area contributed by atoms with E-state index in [1.54, 1.807) is 42.5 Å². The number of amides is 1. The third-order valence-electron chi connectivity index (χ3n) is 5.27. The first-order chi connectivity index (χ1) is 17.9. The summed E-state index contributed by atoms with van der Waals surface area (Å²) in [7, 11) is 1.47. The van der Waals surface area contributed by atoms with E-state index in [1.807, 2.05) is 31.2 Å². The van der Waals surface area contributed by atoms with Crippen LogP contribution in [0.5, 0.6) is 23.0 Å². The molecule has 1 amide bonds. The maximum Gasteiger partial charge on any atom is 0.343 e. The minimum absolute atomic E-state index is 0.164. The molecule has 8 heteroatoms. The Hall–Kier alpha value is -4.33. The van der Waals surface area contributed by atoms with E-state index in [0.717, 1.165) is 6.42 Å². The van der Waals surface area contributed by atoms with Gasteiger partial charge in [0.1, 0.15) is 11.5 Å². The Kier molecular flexibility index (Phi) is 10.1. The molecule has 0 aliphatic heterocycles. The largest absolute Gasteiger partial charge is 0.494 e. The van der Waals surface area contributed by atoms with Gasteiger partial charge in [-0.25, -0.2) is 10.2 Å². The Morgan fingerprint density at radius 1 is 0.919 bits per heavy atom. The zero-order valence-electron chi connectivity index (χ0n) is 21.5. The van der Waals surface area contributed by atoms with Crippen molar-refractivity contribution in [3.8, 4) is 23.0 Å². The molecular formula is C29H32N2O6. The SMILES string of the molecule is CCCOc1ccc(C(=O)Oc2ccc(C=NNC(=O)COc3ccc(C(C)C)cc3)cc2OC)cc1. The topological polar surface area (TPSA) is 95.5 Å². The molecule has 0 saturated carbocycles. The van der Waals surface area contributed by atoms with E-state index >= 15 is 0 Å². The first kappa shape index (κ1) is 27.3. The molecule has 0 bridgehead atoms. The quantitative estimate of drug-likeness (QED) is 0.155. The van der Waals surface area contributed by atoms with E-state index in [4.69, 9.17) is 18.9 Å². The first-order valence-electron chi connectivity index (χ1n) is 12.1. The summed E-state index contributed by atoms with van der Waals surface area (Å²) in [4.78, 5) is 24.6. The average Bonchev–Trinajstić information content (AvgIpc) is 2.91. The van der Waals surface area contributed by atoms with E-state index in [0.29, 0.717) is 40.9 Å². The molecule has 0 saturated heterocycles. The summed E-state index contributed by atoms with van der Waals surface area (Å²) in [6.45, 7) is 6.70. The van der Waals surface area contributed by atoms with Crippen molar-refractivity contribution in [2.45, 2.75) is 33.1 Å². The van der Waals surface area contributed by atoms with Crippen LogP contribution in [0.15, 0.2) is 71.8 Å². The number of nitrogens with one attached hydrogen (secondary N) is 1. The monoisotopic (exact) mass is 504 g/mol. The lowest BCUT2D eigenvalue weighted by Crippen LogP contribution is -2.24. The molecule has 3 aromatic rings. The fourth-order valence-electron chi connectivity index (χ4n) is 3.22. The number of hydrogen-bond acceptors (Lipinski definition) is 7. The molecule has 0 radical (unpaired) electrons. The highest BCUT2D eigenvalue weighted by atomic mass is 16.6. The second-order valence-corrected chi connectivity index (χ2v) is 8.48. The Labute approximate surface area is 217 Å². The van der Waals surface area contributed by atoms with E-state index < -0.39 is 11.9 Å². The average molecular weight is 505 g/mol. The molecule has 3 aromatic carbocycles. The van der Waals surface area contributed by atoms with Gasteiger partial charge < -0.3 is 18.9 Å². The summed E-state index contributed by atoms with van der Waals surface area (Å²) in [5.74, 6) is 1.42. The maximum absolute atomic E-state index is 12.5. The van der Waals surface area contributed by atoms with Crippen molar-refractivity contribution in [2.24, 2.45) is 5.10 Å². The molecule has 0 aliphatic carbocycles. The zero-order valence-corrected chi connectivity index (χ0v) is 21.5. The second kappa shape index (κ2) is 13.7. The van der Waals surface area contributed by atoms with E-state index in [1.165, 1.54) is 18.9 Å². The van der Waals surface area contributed by atoms with Crippen molar-refractivity contribution in [2.75, 3.05) is 20.3 Å². The van der Waals surface area contributed by atoms with Gasteiger partial charge in [0.15, 0.2) is 18.1 Å². The van der Waals surface area contributed by atoms with Gasteiger partial charge in [0, 0.05) is 0 Å². The molecule has 194 valence electrons. The molecule has 0 spiro atoms. The van der Waals surface area contributed by atoms with Crippen molar-refractivity contribution in [1.29, 1.82) is 0 Å². The van der Waals surface area contributed by atoms with Crippen LogP contribution in [0.3, 0.4) is 0 Å². The van der Waals surface area contributed by atoms with Crippen molar-refractivity contribution >= 4 is 18.1 Å². The Morgan fingerprint density at radius 3 is 2.24 bits per heavy atom. The van der Waals surface area contributed by atoms with Crippen LogP contribution in [0.4, 0.5) is 0 Å². The van der Waals surface area contributed by atoms with Gasteiger partial charge >= 0.3 is 5.97 Å². The lowest BCUT2D eigenvalue weighted by molar-refractivity contribution is -0.123. The van der Waals surface area contributed by atoms with Crippen LogP contribution in [0.25, 0.3) is 0 Å². The molecular weight excluding hydrogens is 472 g/mol. The number of hydrogen-bond donors (Lipinski definition) is 1. The van der Waals surface area contributed by atoms with Crippen LogP contribution < -0.4 is 24.4 Å². The standard InChI is InChI=1S/C29H32N2O6/c1-5-16-35-24-13-9-23(10-14-24)29(33)37-26-15-6-21(17-27(26)34-4)18-30-31-28(32)19-36-25-11-7-22(8-12-25)20(2)3/h6-15,17-18,20H,5,16,19H2,1-4H3,(H,31,32). The van der Waals surface area contributed by atoms with Crippen LogP contribution in [0, 0.1) is 0 Å². The van der Waals surface area contributed by atoms with E-state index in [2.05, 4.69) is 24.4 Å². The minimum atomic E-state index is -0.520. The number of ether oxygens (including phenoxy) is 4. The summed E-state index contributed by atoms with van der Waals surface area (Å²) in [6.07, 6.45) is 2.36. The lowest BCUT2D eigenvalue weighted by Gasteiger charge is -2.10. The Bertz CT molecular complexity index is 1200. The third-order valence-corrected chi connectivity index (χ3v) is 5.27. The third kappa shape index (κ3) is 8.38. The number of hydrazone groups is 1. The van der Waals surface area contributed by atoms with Crippen LogP contribution in [-0.4, -0.2) is 38.4 Å². The first-order valence-corrected chi connectivity index (χ1v) is 12.1.